The van der Waals surface area contributed by atoms with Gasteiger partial charge in [-0.25, -0.2) is 14.1 Å². The number of nitrogens with zero attached hydrogens (tertiary/aromatic N) is 1. The lowest BCUT2D eigenvalue weighted by atomic mass is 10.1. The van der Waals surface area contributed by atoms with Crippen molar-refractivity contribution in [3.8, 4) is 0 Å². The summed E-state index contributed by atoms with van der Waals surface area (Å²) in [6.07, 6.45) is 1.96. The molecule has 0 radical (unpaired) electrons. The van der Waals surface area contributed by atoms with Crippen LogP contribution in [0.2, 0.25) is 0 Å². The number of rotatable bonds is 3. The van der Waals surface area contributed by atoms with E-state index in [1.165, 1.54) is 5.69 Å². The smallest absolute Gasteiger partial charge is 0.191 e. The van der Waals surface area contributed by atoms with Gasteiger partial charge in [0.05, 0.1) is 5.54 Å². The molecule has 1 heterocycles. The highest BCUT2D eigenvalue weighted by Gasteiger charge is 2.17. The number of hydrogen-bond donors (Lipinski definition) is 1. The van der Waals surface area contributed by atoms with Gasteiger partial charge in [-0.3, -0.25) is 0 Å². The lowest BCUT2D eigenvalue weighted by molar-refractivity contribution is -0.388. The van der Waals surface area contributed by atoms with Crippen LogP contribution >= 0.6 is 0 Å². The molecular weight excluding hydrogens is 242 g/mol. The summed E-state index contributed by atoms with van der Waals surface area (Å²) in [4.78, 5) is 3.28. The number of aromatic amines is 1. The third kappa shape index (κ3) is 6.87. The number of aromatic nitrogens is 1. The summed E-state index contributed by atoms with van der Waals surface area (Å²) in [6, 6.07) is 6.17. The summed E-state index contributed by atoms with van der Waals surface area (Å²) >= 11 is 0. The van der Waals surface area contributed by atoms with E-state index < -0.39 is 0 Å². The van der Waals surface area contributed by atoms with Crippen LogP contribution in [0.1, 0.15) is 47.2 Å². The maximum atomic E-state index is 4.89. The van der Waals surface area contributed by atoms with Gasteiger partial charge in [0, 0.05) is 17.7 Å². The largest absolute Gasteiger partial charge is 0.250 e. The lowest BCUT2D eigenvalue weighted by Gasteiger charge is -2.24. The zero-order valence-corrected chi connectivity index (χ0v) is 13.2. The molecule has 0 aromatic carbocycles. The summed E-state index contributed by atoms with van der Waals surface area (Å²) < 4.78 is 8.49. The van der Waals surface area contributed by atoms with Crippen molar-refractivity contribution in [1.29, 1.82) is 0 Å². The molecule has 1 aromatic rings. The van der Waals surface area contributed by atoms with Crippen LogP contribution in [0.5, 0.6) is 0 Å². The molecule has 2 N–H and O–H groups in total. The molecule has 0 bridgehead atoms. The van der Waals surface area contributed by atoms with E-state index in [0.29, 0.717) is 0 Å². The fraction of sp³-hybridized carbons (Fsp3) is 0.643. The van der Waals surface area contributed by atoms with Gasteiger partial charge in [-0.15, -0.1) is 0 Å². The second kappa shape index (κ2) is 5.93. The second-order valence-electron chi connectivity index (χ2n) is 6.51. The van der Waals surface area contributed by atoms with Crippen LogP contribution in [0.3, 0.4) is 0 Å². The molecule has 0 amide bonds. The Balaban J connectivity index is 2.89. The van der Waals surface area contributed by atoms with E-state index in [1.807, 2.05) is 12.3 Å². The molecule has 4 heteroatoms. The molecule has 102 valence electrons. The van der Waals surface area contributed by atoms with Crippen molar-refractivity contribution in [2.24, 2.45) is 4.36 Å². The van der Waals surface area contributed by atoms with Crippen LogP contribution in [-0.2, 0) is 16.6 Å². The van der Waals surface area contributed by atoms with Crippen LogP contribution in [0, 0.1) is 0 Å². The van der Waals surface area contributed by atoms with E-state index in [0.717, 1.165) is 5.75 Å². The van der Waals surface area contributed by atoms with Gasteiger partial charge in [0.2, 0.25) is 0 Å². The zero-order valence-electron chi connectivity index (χ0n) is 12.4. The quantitative estimate of drug-likeness (QED) is 0.899. The highest BCUT2D eigenvalue weighted by Crippen LogP contribution is 2.12. The minimum Gasteiger partial charge on any atom is -0.250 e. The van der Waals surface area contributed by atoms with Crippen LogP contribution in [0.25, 0.3) is 0 Å². The highest BCUT2D eigenvalue weighted by molar-refractivity contribution is 7.84. The van der Waals surface area contributed by atoms with Crippen molar-refractivity contribution in [2.45, 2.75) is 58.4 Å². The summed E-state index contributed by atoms with van der Waals surface area (Å²) in [5, 5.41) is 0. The third-order valence-corrected chi connectivity index (χ3v) is 4.07. The predicted octanol–water partition coefficient (Wildman–Crippen LogP) is 2.90. The molecule has 0 spiro atoms. The SMILES string of the molecule is CC(C)(C)N=S(Cc1cccc[nH+]1)NC(C)(C)C. The first-order valence-corrected chi connectivity index (χ1v) is 7.68. The Morgan fingerprint density at radius 3 is 2.28 bits per heavy atom. The molecular formula is C14H26N3S+. The van der Waals surface area contributed by atoms with Crippen molar-refractivity contribution in [3.05, 3.63) is 30.1 Å². The van der Waals surface area contributed by atoms with Crippen LogP contribution in [0.4, 0.5) is 0 Å². The average Bonchev–Trinajstić information content (AvgIpc) is 2.13. The van der Waals surface area contributed by atoms with Crippen molar-refractivity contribution in [2.75, 3.05) is 0 Å². The molecule has 0 aliphatic heterocycles. The Kier molecular flexibility index (Phi) is 5.05. The first-order valence-electron chi connectivity index (χ1n) is 6.33. The van der Waals surface area contributed by atoms with E-state index in [9.17, 15) is 0 Å². The maximum absolute atomic E-state index is 4.89. The molecule has 0 saturated heterocycles. The molecule has 1 unspecified atom stereocenters. The van der Waals surface area contributed by atoms with Crippen molar-refractivity contribution >= 4 is 10.9 Å². The Labute approximate surface area is 114 Å². The van der Waals surface area contributed by atoms with Crippen LogP contribution in [0.15, 0.2) is 28.8 Å². The molecule has 0 saturated carbocycles. The topological polar surface area (TPSA) is 38.5 Å². The Morgan fingerprint density at radius 1 is 1.17 bits per heavy atom. The first-order chi connectivity index (χ1) is 8.16. The number of H-pyrrole nitrogens is 1. The van der Waals surface area contributed by atoms with Gasteiger partial charge in [0.25, 0.3) is 0 Å². The van der Waals surface area contributed by atoms with E-state index in [2.05, 4.69) is 63.4 Å². The number of nitrogens with one attached hydrogen (secondary N) is 2. The standard InChI is InChI=1S/C14H25N3S/c1-13(2,3)16-18(17-14(4,5)6)11-12-9-7-8-10-15-12/h7-10H,11H2,1-6H3,(H,16,17)/p+1. The normalized spacial score (nSPS) is 14.8. The summed E-state index contributed by atoms with van der Waals surface area (Å²) in [5.74, 6) is 0.912. The Bertz CT molecular complexity index is 399. The van der Waals surface area contributed by atoms with Gasteiger partial charge in [-0.05, 0) is 52.4 Å². The van der Waals surface area contributed by atoms with Crippen LogP contribution in [-0.4, -0.2) is 11.1 Å². The molecule has 0 aliphatic carbocycles. The second-order valence-corrected chi connectivity index (χ2v) is 7.92. The summed E-state index contributed by atoms with van der Waals surface area (Å²) in [7, 11) is -0.171. The van der Waals surface area contributed by atoms with E-state index in [1.54, 1.807) is 0 Å². The van der Waals surface area contributed by atoms with Gasteiger partial charge in [0.1, 0.15) is 5.75 Å². The Hall–Kier alpha value is -0.740. The van der Waals surface area contributed by atoms with Gasteiger partial charge in [-0.1, -0.05) is 6.07 Å². The van der Waals surface area contributed by atoms with Gasteiger partial charge >= 0.3 is 0 Å². The molecule has 0 aliphatic rings. The van der Waals surface area contributed by atoms with E-state index in [4.69, 9.17) is 4.36 Å². The molecule has 0 fully saturated rings. The minimum atomic E-state index is -0.171. The molecule has 3 nitrogen and oxygen atoms in total. The molecule has 1 atom stereocenters. The number of hydrogen-bond acceptors (Lipinski definition) is 1. The van der Waals surface area contributed by atoms with Gasteiger partial charge in [0.15, 0.2) is 11.9 Å². The number of pyridine rings is 1. The minimum absolute atomic E-state index is 0.0177. The van der Waals surface area contributed by atoms with E-state index >= 15 is 0 Å². The average molecular weight is 268 g/mol. The summed E-state index contributed by atoms with van der Waals surface area (Å²) in [5.41, 5.74) is 1.27. The fourth-order valence-electron chi connectivity index (χ4n) is 1.44. The van der Waals surface area contributed by atoms with Gasteiger partial charge < -0.3 is 0 Å². The maximum Gasteiger partial charge on any atom is 0.191 e. The first kappa shape index (κ1) is 15.3. The highest BCUT2D eigenvalue weighted by atomic mass is 32.2. The predicted molar refractivity (Wildman–Crippen MR) is 79.1 cm³/mol. The van der Waals surface area contributed by atoms with Crippen molar-refractivity contribution < 1.29 is 4.98 Å². The molecule has 1 aromatic heterocycles. The molecule has 18 heavy (non-hydrogen) atoms. The summed E-state index contributed by atoms with van der Waals surface area (Å²) in [6.45, 7) is 13.0. The zero-order chi connectivity index (χ0) is 13.8. The van der Waals surface area contributed by atoms with Crippen LogP contribution < -0.4 is 9.71 Å². The fourth-order valence-corrected chi connectivity index (χ4v) is 3.47. The van der Waals surface area contributed by atoms with E-state index in [-0.39, 0.29) is 22.0 Å². The molecule has 1 rings (SSSR count). The third-order valence-electron chi connectivity index (χ3n) is 1.87. The monoisotopic (exact) mass is 268 g/mol. The van der Waals surface area contributed by atoms with Crippen molar-refractivity contribution in [1.82, 2.24) is 4.72 Å². The van der Waals surface area contributed by atoms with Crippen molar-refractivity contribution in [3.63, 3.8) is 0 Å². The lowest BCUT2D eigenvalue weighted by Crippen LogP contribution is -2.39. The van der Waals surface area contributed by atoms with Gasteiger partial charge in [-0.2, -0.15) is 0 Å². The Morgan fingerprint density at radius 2 is 1.83 bits per heavy atom.